The minimum absolute atomic E-state index is 0.202. The fourth-order valence-corrected chi connectivity index (χ4v) is 2.16. The van der Waals surface area contributed by atoms with Gasteiger partial charge in [-0.15, -0.1) is 0 Å². The second-order valence-corrected chi connectivity index (χ2v) is 4.59. The van der Waals surface area contributed by atoms with Gasteiger partial charge in [-0.05, 0) is 0 Å². The maximum Gasteiger partial charge on any atom is 0.294 e. The normalized spacial score (nSPS) is 19.5. The Hall–Kier alpha value is -1.44. The van der Waals surface area contributed by atoms with Crippen molar-refractivity contribution in [1.82, 2.24) is 0 Å². The van der Waals surface area contributed by atoms with Gasteiger partial charge in [0, 0.05) is 31.8 Å². The molecule has 1 aromatic rings. The summed E-state index contributed by atoms with van der Waals surface area (Å²) < 4.78 is 18.9. The predicted octanol–water partition coefficient (Wildman–Crippen LogP) is 1.55. The lowest BCUT2D eigenvalue weighted by atomic mass is 10.2. The molecule has 0 radical (unpaired) electrons. The summed E-state index contributed by atoms with van der Waals surface area (Å²) in [5.41, 5.74) is 5.50. The van der Waals surface area contributed by atoms with E-state index >= 15 is 0 Å². The Labute approximate surface area is 114 Å². The number of hydrogen-bond donors (Lipinski definition) is 1. The lowest BCUT2D eigenvalue weighted by molar-refractivity contribution is -0.384. The maximum absolute atomic E-state index is 13.5. The molecular weight excluding hydrogens is 277 g/mol. The van der Waals surface area contributed by atoms with Gasteiger partial charge in [-0.1, -0.05) is 11.6 Å². The summed E-state index contributed by atoms with van der Waals surface area (Å²) in [5, 5.41) is 10.8. The number of nitro benzene ring substituents is 1. The molecule has 0 aromatic heterocycles. The molecule has 2 rings (SSSR count). The van der Waals surface area contributed by atoms with Crippen molar-refractivity contribution in [3.8, 4) is 0 Å². The van der Waals surface area contributed by atoms with Gasteiger partial charge in [-0.25, -0.2) is 4.39 Å². The van der Waals surface area contributed by atoms with E-state index in [1.165, 1.54) is 0 Å². The van der Waals surface area contributed by atoms with Crippen LogP contribution in [0.3, 0.4) is 0 Å². The van der Waals surface area contributed by atoms with E-state index in [2.05, 4.69) is 0 Å². The number of nitrogens with two attached hydrogens (primary N) is 1. The minimum Gasteiger partial charge on any atom is -0.373 e. The van der Waals surface area contributed by atoms with E-state index in [9.17, 15) is 14.5 Å². The molecule has 0 bridgehead atoms. The number of ether oxygens (including phenoxy) is 1. The van der Waals surface area contributed by atoms with Gasteiger partial charge in [0.05, 0.1) is 22.7 Å². The molecule has 1 unspecified atom stereocenters. The first-order chi connectivity index (χ1) is 9.02. The van der Waals surface area contributed by atoms with Crippen LogP contribution in [0.4, 0.5) is 15.8 Å². The number of rotatable bonds is 3. The smallest absolute Gasteiger partial charge is 0.294 e. The zero-order chi connectivity index (χ0) is 14.0. The van der Waals surface area contributed by atoms with Crippen molar-refractivity contribution in [2.24, 2.45) is 5.73 Å². The molecule has 0 amide bonds. The molecule has 0 aliphatic carbocycles. The number of halogens is 2. The first-order valence-corrected chi connectivity index (χ1v) is 6.10. The van der Waals surface area contributed by atoms with Gasteiger partial charge in [0.2, 0.25) is 0 Å². The van der Waals surface area contributed by atoms with Crippen LogP contribution in [0.5, 0.6) is 0 Å². The highest BCUT2D eigenvalue weighted by atomic mass is 35.5. The molecule has 1 aromatic carbocycles. The minimum atomic E-state index is -0.682. The Morgan fingerprint density at radius 3 is 3.00 bits per heavy atom. The highest BCUT2D eigenvalue weighted by molar-refractivity contribution is 6.31. The van der Waals surface area contributed by atoms with E-state index in [-0.39, 0.29) is 22.5 Å². The van der Waals surface area contributed by atoms with Crippen LogP contribution in [-0.4, -0.2) is 37.3 Å². The van der Waals surface area contributed by atoms with Gasteiger partial charge < -0.3 is 15.4 Å². The van der Waals surface area contributed by atoms with Crippen molar-refractivity contribution < 1.29 is 14.1 Å². The lowest BCUT2D eigenvalue weighted by Crippen LogP contribution is -2.45. The van der Waals surface area contributed by atoms with Crippen LogP contribution >= 0.6 is 11.6 Å². The van der Waals surface area contributed by atoms with Crippen molar-refractivity contribution in [2.45, 2.75) is 6.10 Å². The standard InChI is InChI=1S/C11H13ClFN3O3/c12-8-3-11(16(17)18)10(4-9(8)13)15-1-2-19-7(5-14)6-15/h3-4,7H,1-2,5-6,14H2. The largest absolute Gasteiger partial charge is 0.373 e. The fourth-order valence-electron chi connectivity index (χ4n) is 2.01. The van der Waals surface area contributed by atoms with E-state index in [0.717, 1.165) is 12.1 Å². The first kappa shape index (κ1) is 14.0. The van der Waals surface area contributed by atoms with Gasteiger partial charge in [0.15, 0.2) is 0 Å². The molecule has 1 aliphatic rings. The quantitative estimate of drug-likeness (QED) is 0.674. The molecule has 8 heteroatoms. The number of nitrogens with zero attached hydrogens (tertiary/aromatic N) is 2. The van der Waals surface area contributed by atoms with Gasteiger partial charge in [-0.3, -0.25) is 10.1 Å². The van der Waals surface area contributed by atoms with E-state index in [1.54, 1.807) is 4.90 Å². The van der Waals surface area contributed by atoms with Crippen molar-refractivity contribution in [3.63, 3.8) is 0 Å². The lowest BCUT2D eigenvalue weighted by Gasteiger charge is -2.33. The zero-order valence-corrected chi connectivity index (χ0v) is 10.8. The van der Waals surface area contributed by atoms with Crippen LogP contribution in [0.25, 0.3) is 0 Å². The third kappa shape index (κ3) is 2.94. The monoisotopic (exact) mass is 289 g/mol. The second kappa shape index (κ2) is 5.68. The first-order valence-electron chi connectivity index (χ1n) is 5.73. The number of hydrogen-bond acceptors (Lipinski definition) is 5. The second-order valence-electron chi connectivity index (χ2n) is 4.19. The Bertz CT molecular complexity index is 500. The zero-order valence-electron chi connectivity index (χ0n) is 10.0. The third-order valence-electron chi connectivity index (χ3n) is 2.96. The summed E-state index contributed by atoms with van der Waals surface area (Å²) in [7, 11) is 0. The van der Waals surface area contributed by atoms with Crippen LogP contribution in [0, 0.1) is 15.9 Å². The van der Waals surface area contributed by atoms with E-state index in [4.69, 9.17) is 22.1 Å². The molecule has 1 saturated heterocycles. The molecule has 0 saturated carbocycles. The Morgan fingerprint density at radius 1 is 1.63 bits per heavy atom. The molecule has 1 heterocycles. The molecule has 104 valence electrons. The highest BCUT2D eigenvalue weighted by Gasteiger charge is 2.27. The fraction of sp³-hybridized carbons (Fsp3) is 0.455. The van der Waals surface area contributed by atoms with Crippen LogP contribution in [0.15, 0.2) is 12.1 Å². The number of benzene rings is 1. The predicted molar refractivity (Wildman–Crippen MR) is 69.1 cm³/mol. The Morgan fingerprint density at radius 2 is 2.37 bits per heavy atom. The SMILES string of the molecule is NCC1CN(c2cc(F)c(Cl)cc2[N+](=O)[O-])CCO1. The molecule has 19 heavy (non-hydrogen) atoms. The summed E-state index contributed by atoms with van der Waals surface area (Å²) in [6.45, 7) is 1.53. The van der Waals surface area contributed by atoms with Gasteiger partial charge in [0.25, 0.3) is 5.69 Å². The molecule has 2 N–H and O–H groups in total. The maximum atomic E-state index is 13.5. The van der Waals surface area contributed by atoms with Crippen LogP contribution in [-0.2, 0) is 4.74 Å². The van der Waals surface area contributed by atoms with Crippen molar-refractivity contribution in [1.29, 1.82) is 0 Å². The summed E-state index contributed by atoms with van der Waals surface area (Å²) in [4.78, 5) is 12.1. The van der Waals surface area contributed by atoms with Crippen molar-refractivity contribution in [2.75, 3.05) is 31.1 Å². The van der Waals surface area contributed by atoms with Crippen LogP contribution in [0.2, 0.25) is 5.02 Å². The Kier molecular flexibility index (Phi) is 4.18. The van der Waals surface area contributed by atoms with E-state index < -0.39 is 10.7 Å². The molecule has 1 atom stereocenters. The van der Waals surface area contributed by atoms with Crippen molar-refractivity contribution >= 4 is 23.0 Å². The summed E-state index contributed by atoms with van der Waals surface area (Å²) in [6.07, 6.45) is -0.216. The van der Waals surface area contributed by atoms with Gasteiger partial charge in [-0.2, -0.15) is 0 Å². The average molecular weight is 290 g/mol. The molecule has 1 aliphatic heterocycles. The molecule has 1 fully saturated rings. The highest BCUT2D eigenvalue weighted by Crippen LogP contribution is 2.33. The van der Waals surface area contributed by atoms with Gasteiger partial charge in [0.1, 0.15) is 11.5 Å². The summed E-state index contributed by atoms with van der Waals surface area (Å²) in [6, 6.07) is 2.11. The van der Waals surface area contributed by atoms with E-state index in [1.807, 2.05) is 0 Å². The third-order valence-corrected chi connectivity index (χ3v) is 3.25. The molecule has 6 nitrogen and oxygen atoms in total. The summed E-state index contributed by atoms with van der Waals surface area (Å²) >= 11 is 5.58. The average Bonchev–Trinajstić information content (AvgIpc) is 2.41. The number of morpholine rings is 1. The van der Waals surface area contributed by atoms with Crippen LogP contribution < -0.4 is 10.6 Å². The number of anilines is 1. The summed E-state index contributed by atoms with van der Waals surface area (Å²) in [5.74, 6) is -0.682. The van der Waals surface area contributed by atoms with Crippen LogP contribution in [0.1, 0.15) is 0 Å². The number of nitro groups is 1. The van der Waals surface area contributed by atoms with Gasteiger partial charge >= 0.3 is 0 Å². The van der Waals surface area contributed by atoms with E-state index in [0.29, 0.717) is 26.2 Å². The topological polar surface area (TPSA) is 81.6 Å². The van der Waals surface area contributed by atoms with Crippen molar-refractivity contribution in [3.05, 3.63) is 33.1 Å². The molecular formula is C11H13ClFN3O3. The molecule has 0 spiro atoms. The Balaban J connectivity index is 2.37.